The number of carbonyl (C=O) groups excluding carboxylic acids is 1. The van der Waals surface area contributed by atoms with Crippen molar-refractivity contribution in [3.05, 3.63) is 45.6 Å². The van der Waals surface area contributed by atoms with Crippen molar-refractivity contribution in [2.45, 2.75) is 52.5 Å². The van der Waals surface area contributed by atoms with E-state index in [2.05, 4.69) is 31.2 Å². The van der Waals surface area contributed by atoms with Crippen LogP contribution in [0.3, 0.4) is 0 Å². The van der Waals surface area contributed by atoms with Crippen LogP contribution in [-0.2, 0) is 11.0 Å². The summed E-state index contributed by atoms with van der Waals surface area (Å²) >= 11 is 11.9. The second-order valence-corrected chi connectivity index (χ2v) is 8.64. The molecule has 1 amide bonds. The Bertz CT molecular complexity index is 768. The van der Waals surface area contributed by atoms with Crippen LogP contribution in [0.25, 0.3) is 0 Å². The molecular formula is C18H23Cl2N3O. The quantitative estimate of drug-likeness (QED) is 0.761. The third-order valence-corrected chi connectivity index (χ3v) is 4.28. The second kappa shape index (κ2) is 6.41. The Morgan fingerprint density at radius 1 is 1.04 bits per heavy atom. The monoisotopic (exact) mass is 367 g/mol. The van der Waals surface area contributed by atoms with Gasteiger partial charge in [0.05, 0.1) is 21.3 Å². The van der Waals surface area contributed by atoms with E-state index in [1.165, 1.54) is 0 Å². The number of nitrogens with zero attached hydrogens (tertiary/aromatic N) is 2. The molecular weight excluding hydrogens is 345 g/mol. The normalized spacial score (nSPS) is 12.3. The maximum Gasteiger partial charge on any atom is 0.256 e. The van der Waals surface area contributed by atoms with E-state index >= 15 is 0 Å². The van der Waals surface area contributed by atoms with Gasteiger partial charge in [-0.1, -0.05) is 44.0 Å². The fourth-order valence-electron chi connectivity index (χ4n) is 2.17. The molecule has 0 saturated heterocycles. The molecule has 0 unspecified atom stereocenters. The Hall–Kier alpha value is -1.52. The van der Waals surface area contributed by atoms with E-state index in [0.717, 1.165) is 5.69 Å². The number of carbonyl (C=O) groups is 1. The molecule has 1 aromatic heterocycles. The third kappa shape index (κ3) is 4.11. The number of nitrogens with one attached hydrogen (secondary N) is 1. The van der Waals surface area contributed by atoms with Crippen molar-refractivity contribution in [3.63, 3.8) is 0 Å². The molecule has 4 nitrogen and oxygen atoms in total. The number of rotatable bonds is 2. The Labute approximate surface area is 153 Å². The van der Waals surface area contributed by atoms with Gasteiger partial charge in [-0.3, -0.25) is 4.79 Å². The fourth-order valence-corrected chi connectivity index (χ4v) is 2.47. The van der Waals surface area contributed by atoms with Crippen LogP contribution in [0.15, 0.2) is 24.3 Å². The third-order valence-electron chi connectivity index (χ3n) is 3.54. The Morgan fingerprint density at radius 2 is 1.67 bits per heavy atom. The highest BCUT2D eigenvalue weighted by Crippen LogP contribution is 2.29. The molecule has 24 heavy (non-hydrogen) atoms. The zero-order valence-electron chi connectivity index (χ0n) is 14.9. The predicted octanol–water partition coefficient (Wildman–Crippen LogP) is 5.49. The van der Waals surface area contributed by atoms with Gasteiger partial charge in [0, 0.05) is 17.0 Å². The van der Waals surface area contributed by atoms with Crippen LogP contribution in [0, 0.1) is 0 Å². The summed E-state index contributed by atoms with van der Waals surface area (Å²) in [5.74, 6) is 0.405. The average Bonchev–Trinajstić information content (AvgIpc) is 2.85. The standard InChI is InChI=1S/C18H23Cl2N3O/c1-17(2,3)14-10-15(23(22-14)18(4,5)6)21-16(24)11-7-8-12(19)13(20)9-11/h7-10H,1-6H3,(H,21,24). The molecule has 1 heterocycles. The lowest BCUT2D eigenvalue weighted by molar-refractivity contribution is 0.102. The van der Waals surface area contributed by atoms with Crippen molar-refractivity contribution in [2.75, 3.05) is 5.32 Å². The van der Waals surface area contributed by atoms with Gasteiger partial charge in [-0.2, -0.15) is 5.10 Å². The van der Waals surface area contributed by atoms with Crippen molar-refractivity contribution < 1.29 is 4.79 Å². The average molecular weight is 368 g/mol. The van der Waals surface area contributed by atoms with Crippen molar-refractivity contribution >= 4 is 34.9 Å². The minimum absolute atomic E-state index is 0.112. The lowest BCUT2D eigenvalue weighted by Gasteiger charge is -2.23. The zero-order valence-corrected chi connectivity index (χ0v) is 16.4. The van der Waals surface area contributed by atoms with Crippen LogP contribution in [0.2, 0.25) is 10.0 Å². The maximum atomic E-state index is 12.6. The summed E-state index contributed by atoms with van der Waals surface area (Å²) in [6.45, 7) is 12.4. The summed E-state index contributed by atoms with van der Waals surface area (Å²) in [6.07, 6.45) is 0. The molecule has 1 N–H and O–H groups in total. The van der Waals surface area contributed by atoms with Gasteiger partial charge in [-0.05, 0) is 39.0 Å². The maximum absolute atomic E-state index is 12.6. The highest BCUT2D eigenvalue weighted by Gasteiger charge is 2.26. The van der Waals surface area contributed by atoms with Crippen LogP contribution in [0.5, 0.6) is 0 Å². The molecule has 0 bridgehead atoms. The van der Waals surface area contributed by atoms with E-state index in [9.17, 15) is 4.79 Å². The first kappa shape index (κ1) is 18.8. The summed E-state index contributed by atoms with van der Waals surface area (Å²) in [7, 11) is 0. The van der Waals surface area contributed by atoms with Crippen molar-refractivity contribution in [3.8, 4) is 0 Å². The van der Waals surface area contributed by atoms with Crippen molar-refractivity contribution in [1.82, 2.24) is 9.78 Å². The van der Waals surface area contributed by atoms with Gasteiger partial charge < -0.3 is 5.32 Å². The molecule has 0 atom stereocenters. The smallest absolute Gasteiger partial charge is 0.256 e. The molecule has 0 aliphatic heterocycles. The summed E-state index contributed by atoms with van der Waals surface area (Å²) in [4.78, 5) is 12.6. The van der Waals surface area contributed by atoms with Crippen LogP contribution in [0.1, 0.15) is 57.6 Å². The highest BCUT2D eigenvalue weighted by atomic mass is 35.5. The number of halogens is 2. The molecule has 1 aromatic carbocycles. The molecule has 6 heteroatoms. The van der Waals surface area contributed by atoms with Gasteiger partial charge in [0.1, 0.15) is 5.82 Å². The van der Waals surface area contributed by atoms with E-state index in [1.54, 1.807) is 18.2 Å². The molecule has 2 aromatic rings. The number of hydrogen-bond donors (Lipinski definition) is 1. The molecule has 0 fully saturated rings. The SMILES string of the molecule is CC(C)(C)c1cc(NC(=O)c2ccc(Cl)c(Cl)c2)n(C(C)(C)C)n1. The molecule has 0 aliphatic rings. The fraction of sp³-hybridized carbons (Fsp3) is 0.444. The summed E-state index contributed by atoms with van der Waals surface area (Å²) in [5, 5.41) is 8.39. The van der Waals surface area contributed by atoms with Crippen molar-refractivity contribution in [2.24, 2.45) is 0 Å². The van der Waals surface area contributed by atoms with Gasteiger partial charge >= 0.3 is 0 Å². The summed E-state index contributed by atoms with van der Waals surface area (Å²) in [6, 6.07) is 6.73. The van der Waals surface area contributed by atoms with E-state index in [-0.39, 0.29) is 16.9 Å². The Balaban J connectivity index is 2.39. The Morgan fingerprint density at radius 3 is 2.17 bits per heavy atom. The first-order valence-electron chi connectivity index (χ1n) is 7.77. The van der Waals surface area contributed by atoms with Gasteiger partial charge in [0.25, 0.3) is 5.91 Å². The lowest BCUT2D eigenvalue weighted by Crippen LogP contribution is -2.27. The van der Waals surface area contributed by atoms with Crippen molar-refractivity contribution in [1.29, 1.82) is 0 Å². The number of hydrogen-bond acceptors (Lipinski definition) is 2. The number of anilines is 1. The summed E-state index contributed by atoms with van der Waals surface area (Å²) < 4.78 is 1.84. The van der Waals surface area contributed by atoms with Crippen LogP contribution < -0.4 is 5.32 Å². The van der Waals surface area contributed by atoms with E-state index in [4.69, 9.17) is 23.2 Å². The van der Waals surface area contributed by atoms with Crippen LogP contribution >= 0.6 is 23.2 Å². The summed E-state index contributed by atoms with van der Waals surface area (Å²) in [5.41, 5.74) is 0.994. The number of aromatic nitrogens is 2. The second-order valence-electron chi connectivity index (χ2n) is 7.83. The molecule has 0 aliphatic carbocycles. The number of amides is 1. The molecule has 0 radical (unpaired) electrons. The Kier molecular flexibility index (Phi) is 5.03. The molecule has 0 saturated carbocycles. The van der Waals surface area contributed by atoms with E-state index in [1.807, 2.05) is 31.5 Å². The van der Waals surface area contributed by atoms with Crippen LogP contribution in [-0.4, -0.2) is 15.7 Å². The molecule has 2 rings (SSSR count). The zero-order chi connectivity index (χ0) is 18.3. The van der Waals surface area contributed by atoms with Gasteiger partial charge in [-0.15, -0.1) is 0 Å². The topological polar surface area (TPSA) is 46.9 Å². The van der Waals surface area contributed by atoms with E-state index < -0.39 is 0 Å². The lowest BCUT2D eigenvalue weighted by atomic mass is 9.92. The first-order valence-corrected chi connectivity index (χ1v) is 8.52. The predicted molar refractivity (Wildman–Crippen MR) is 100 cm³/mol. The first-order chi connectivity index (χ1) is 10.9. The molecule has 130 valence electrons. The largest absolute Gasteiger partial charge is 0.307 e. The van der Waals surface area contributed by atoms with Crippen LogP contribution in [0.4, 0.5) is 5.82 Å². The highest BCUT2D eigenvalue weighted by molar-refractivity contribution is 6.42. The minimum Gasteiger partial charge on any atom is -0.307 e. The van der Waals surface area contributed by atoms with Gasteiger partial charge in [-0.25, -0.2) is 4.68 Å². The molecule has 0 spiro atoms. The van der Waals surface area contributed by atoms with E-state index in [0.29, 0.717) is 21.4 Å². The minimum atomic E-state index is -0.260. The number of benzene rings is 1. The van der Waals surface area contributed by atoms with Gasteiger partial charge in [0.15, 0.2) is 0 Å². The van der Waals surface area contributed by atoms with Gasteiger partial charge in [0.2, 0.25) is 0 Å².